The van der Waals surface area contributed by atoms with Crippen LogP contribution in [0, 0.1) is 5.82 Å². The lowest BCUT2D eigenvalue weighted by Crippen LogP contribution is -2.56. The fraction of sp³-hybridized carbons (Fsp3) is 0.370. The highest BCUT2D eigenvalue weighted by atomic mass is 19.1. The van der Waals surface area contributed by atoms with Crippen molar-refractivity contribution < 1.29 is 23.5 Å². The fourth-order valence-corrected chi connectivity index (χ4v) is 4.77. The number of carbonyl (C=O) groups is 3. The number of ether oxygens (including phenoxy) is 1. The number of carbonyl (C=O) groups excluding carboxylic acids is 3. The Balaban J connectivity index is 1.58. The number of rotatable bonds is 6. The Hall–Kier alpha value is -3.72. The summed E-state index contributed by atoms with van der Waals surface area (Å²) in [6, 6.07) is 14.0. The van der Waals surface area contributed by atoms with Crippen molar-refractivity contribution in [2.45, 2.75) is 25.9 Å². The third kappa shape index (κ3) is 5.26. The maximum Gasteiger partial charge on any atom is 0.338 e. The van der Waals surface area contributed by atoms with Gasteiger partial charge in [-0.3, -0.25) is 14.6 Å². The Morgan fingerprint density at radius 2 is 1.86 bits per heavy atom. The predicted octanol–water partition coefficient (Wildman–Crippen LogP) is 3.19. The highest BCUT2D eigenvalue weighted by Crippen LogP contribution is 2.31. The Kier molecular flexibility index (Phi) is 7.69. The summed E-state index contributed by atoms with van der Waals surface area (Å²) in [6.45, 7) is 5.75. The molecule has 2 aromatic carbocycles. The summed E-state index contributed by atoms with van der Waals surface area (Å²) in [7, 11) is 1.64. The number of hydrogen-bond acceptors (Lipinski definition) is 5. The van der Waals surface area contributed by atoms with Gasteiger partial charge in [0.25, 0.3) is 5.91 Å². The first kappa shape index (κ1) is 25.4. The fourth-order valence-electron chi connectivity index (χ4n) is 4.77. The number of benzene rings is 2. The van der Waals surface area contributed by atoms with Gasteiger partial charge in [0.05, 0.1) is 18.2 Å². The van der Waals surface area contributed by atoms with Crippen LogP contribution in [0.25, 0.3) is 0 Å². The zero-order chi connectivity index (χ0) is 25.8. The molecule has 0 aliphatic carbocycles. The number of halogens is 1. The van der Waals surface area contributed by atoms with Crippen molar-refractivity contribution in [3.63, 3.8) is 0 Å². The van der Waals surface area contributed by atoms with Gasteiger partial charge >= 0.3 is 12.0 Å². The van der Waals surface area contributed by atoms with Crippen molar-refractivity contribution in [1.29, 1.82) is 0 Å². The molecular weight excluding hydrogens is 463 g/mol. The smallest absolute Gasteiger partial charge is 0.338 e. The van der Waals surface area contributed by atoms with Crippen LogP contribution >= 0.6 is 0 Å². The van der Waals surface area contributed by atoms with Crippen molar-refractivity contribution in [2.24, 2.45) is 0 Å². The van der Waals surface area contributed by atoms with E-state index in [1.165, 1.54) is 23.1 Å². The van der Waals surface area contributed by atoms with Gasteiger partial charge in [-0.25, -0.2) is 14.0 Å². The molecule has 0 bridgehead atoms. The van der Waals surface area contributed by atoms with Crippen LogP contribution in [-0.4, -0.2) is 78.5 Å². The summed E-state index contributed by atoms with van der Waals surface area (Å²) in [4.78, 5) is 44.3. The predicted molar refractivity (Wildman–Crippen MR) is 132 cm³/mol. The molecule has 9 heteroatoms. The number of likely N-dealkylation sites (N-methyl/N-ethyl adjacent to an activating group) is 1. The molecule has 8 nitrogen and oxygen atoms in total. The van der Waals surface area contributed by atoms with Crippen molar-refractivity contribution >= 4 is 17.9 Å². The molecule has 4 rings (SSSR count). The quantitative estimate of drug-likeness (QED) is 0.624. The van der Waals surface area contributed by atoms with Gasteiger partial charge in [-0.1, -0.05) is 36.4 Å². The maximum absolute atomic E-state index is 13.6. The number of esters is 1. The molecule has 2 aromatic rings. The average molecular weight is 495 g/mol. The van der Waals surface area contributed by atoms with Crippen molar-refractivity contribution in [2.75, 3.05) is 39.8 Å². The zero-order valence-corrected chi connectivity index (χ0v) is 20.7. The Labute approximate surface area is 210 Å². The van der Waals surface area contributed by atoms with Gasteiger partial charge in [-0.05, 0) is 37.6 Å². The number of urea groups is 1. The standard InChI is InChI=1S/C27H31FN4O4/c1-4-36-26(34)23-22(30(3)27(35)29-24(23)19-9-6-5-7-10-19)17-31-13-14-32(18(2)16-31)25(33)20-11-8-12-21(28)15-20/h5-12,15,18,24H,4,13-14,16-17H2,1-3H3,(H,29,35)/t18-,24+/m1/s1. The molecule has 0 unspecified atom stereocenters. The molecule has 0 radical (unpaired) electrons. The molecule has 0 aromatic heterocycles. The summed E-state index contributed by atoms with van der Waals surface area (Å²) in [5.74, 6) is -1.13. The van der Waals surface area contributed by atoms with Crippen molar-refractivity contribution in [1.82, 2.24) is 20.0 Å². The van der Waals surface area contributed by atoms with E-state index < -0.39 is 17.8 Å². The molecule has 190 valence electrons. The van der Waals surface area contributed by atoms with Gasteiger partial charge in [0, 0.05) is 50.5 Å². The molecule has 2 atom stereocenters. The summed E-state index contributed by atoms with van der Waals surface area (Å²) >= 11 is 0. The molecule has 0 saturated carbocycles. The SMILES string of the molecule is CCOC(=O)C1=C(CN2CCN(C(=O)c3cccc(F)c3)[C@H](C)C2)N(C)C(=O)N[C@H]1c1ccccc1. The van der Waals surface area contributed by atoms with Crippen LogP contribution in [-0.2, 0) is 9.53 Å². The Morgan fingerprint density at radius 1 is 1.11 bits per heavy atom. The molecule has 1 fully saturated rings. The second-order valence-electron chi connectivity index (χ2n) is 9.03. The number of piperazine rings is 1. The number of nitrogens with zero attached hydrogens (tertiary/aromatic N) is 3. The first-order valence-corrected chi connectivity index (χ1v) is 12.1. The van der Waals surface area contributed by atoms with Gasteiger partial charge in [-0.2, -0.15) is 0 Å². The lowest BCUT2D eigenvalue weighted by atomic mass is 9.94. The molecule has 3 amide bonds. The number of hydrogen-bond donors (Lipinski definition) is 1. The van der Waals surface area contributed by atoms with E-state index in [9.17, 15) is 18.8 Å². The van der Waals surface area contributed by atoms with Crippen LogP contribution in [0.5, 0.6) is 0 Å². The van der Waals surface area contributed by atoms with Crippen LogP contribution in [0.1, 0.15) is 35.8 Å². The zero-order valence-electron chi connectivity index (χ0n) is 20.7. The summed E-state index contributed by atoms with van der Waals surface area (Å²) in [5, 5.41) is 2.92. The minimum atomic E-state index is -0.628. The van der Waals surface area contributed by atoms with Crippen LogP contribution in [0.3, 0.4) is 0 Å². The van der Waals surface area contributed by atoms with Crippen LogP contribution in [0.4, 0.5) is 9.18 Å². The molecule has 1 saturated heterocycles. The molecule has 36 heavy (non-hydrogen) atoms. The van der Waals surface area contributed by atoms with Crippen LogP contribution < -0.4 is 5.32 Å². The third-order valence-corrected chi connectivity index (χ3v) is 6.62. The minimum Gasteiger partial charge on any atom is -0.463 e. The molecular formula is C27H31FN4O4. The van der Waals surface area contributed by atoms with Crippen LogP contribution in [0.15, 0.2) is 65.9 Å². The Bertz CT molecular complexity index is 1170. The highest BCUT2D eigenvalue weighted by Gasteiger charge is 2.38. The average Bonchev–Trinajstić information content (AvgIpc) is 2.87. The Morgan fingerprint density at radius 3 is 2.53 bits per heavy atom. The number of amides is 3. The van der Waals surface area contributed by atoms with E-state index in [0.29, 0.717) is 43.0 Å². The van der Waals surface area contributed by atoms with Gasteiger partial charge in [0.15, 0.2) is 0 Å². The highest BCUT2D eigenvalue weighted by molar-refractivity contribution is 5.95. The van der Waals surface area contributed by atoms with Crippen LogP contribution in [0.2, 0.25) is 0 Å². The second kappa shape index (κ2) is 10.9. The van der Waals surface area contributed by atoms with Gasteiger partial charge < -0.3 is 15.0 Å². The summed E-state index contributed by atoms with van der Waals surface area (Å²) in [6.07, 6.45) is 0. The van der Waals surface area contributed by atoms with Gasteiger partial charge in [0.2, 0.25) is 0 Å². The van der Waals surface area contributed by atoms with Crippen molar-refractivity contribution in [3.05, 3.63) is 82.8 Å². The van der Waals surface area contributed by atoms with E-state index in [0.717, 1.165) is 5.56 Å². The lowest BCUT2D eigenvalue weighted by Gasteiger charge is -2.42. The number of nitrogens with one attached hydrogen (secondary N) is 1. The monoisotopic (exact) mass is 494 g/mol. The maximum atomic E-state index is 13.6. The minimum absolute atomic E-state index is 0.145. The van der Waals surface area contributed by atoms with E-state index >= 15 is 0 Å². The first-order valence-electron chi connectivity index (χ1n) is 12.1. The van der Waals surface area contributed by atoms with Gasteiger partial charge in [0.1, 0.15) is 5.82 Å². The largest absolute Gasteiger partial charge is 0.463 e. The third-order valence-electron chi connectivity index (χ3n) is 6.62. The molecule has 2 aliphatic rings. The molecule has 2 heterocycles. The van der Waals surface area contributed by atoms with E-state index in [1.54, 1.807) is 24.9 Å². The van der Waals surface area contributed by atoms with E-state index in [4.69, 9.17) is 4.74 Å². The van der Waals surface area contributed by atoms with Gasteiger partial charge in [-0.15, -0.1) is 0 Å². The second-order valence-corrected chi connectivity index (χ2v) is 9.03. The summed E-state index contributed by atoms with van der Waals surface area (Å²) in [5.41, 5.74) is 2.08. The first-order chi connectivity index (χ1) is 17.3. The topological polar surface area (TPSA) is 82.2 Å². The molecule has 2 aliphatic heterocycles. The molecule has 1 N–H and O–H groups in total. The van der Waals surface area contributed by atoms with E-state index in [1.807, 2.05) is 37.3 Å². The van der Waals surface area contributed by atoms with E-state index in [2.05, 4.69) is 10.2 Å². The molecule has 0 spiro atoms. The summed E-state index contributed by atoms with van der Waals surface area (Å²) < 4.78 is 19.0. The van der Waals surface area contributed by atoms with Crippen molar-refractivity contribution in [3.8, 4) is 0 Å². The lowest BCUT2D eigenvalue weighted by molar-refractivity contribution is -0.139. The normalized spacial score (nSPS) is 20.8. The van der Waals surface area contributed by atoms with E-state index in [-0.39, 0.29) is 24.6 Å².